The van der Waals surface area contributed by atoms with E-state index in [1.165, 1.54) is 6.08 Å². The van der Waals surface area contributed by atoms with Crippen LogP contribution in [0.1, 0.15) is 26.3 Å². The van der Waals surface area contributed by atoms with Gasteiger partial charge in [0.25, 0.3) is 0 Å². The van der Waals surface area contributed by atoms with E-state index in [1.807, 2.05) is 24.5 Å². The third-order valence-corrected chi connectivity index (χ3v) is 2.97. The molecule has 0 aliphatic heterocycles. The Kier molecular flexibility index (Phi) is 4.09. The van der Waals surface area contributed by atoms with Gasteiger partial charge >= 0.3 is 0 Å². The fraction of sp³-hybridized carbons (Fsp3) is 0.375. The van der Waals surface area contributed by atoms with Crippen LogP contribution in [0, 0.1) is 16.7 Å². The number of aromatic nitrogens is 2. The summed E-state index contributed by atoms with van der Waals surface area (Å²) in [4.78, 5) is 7.58. The molecule has 0 aliphatic carbocycles. The number of nitrogens with one attached hydrogen (secondary N) is 2. The lowest BCUT2D eigenvalue weighted by molar-refractivity contribution is 0.443. The highest BCUT2D eigenvalue weighted by Gasteiger charge is 2.10. The molecule has 0 radical (unpaired) electrons. The van der Waals surface area contributed by atoms with E-state index < -0.39 is 0 Å². The second-order valence-corrected chi connectivity index (χ2v) is 6.08. The molecule has 4 nitrogen and oxygen atoms in total. The molecule has 2 heterocycles. The molecule has 2 N–H and O–H groups in total. The Hall–Kier alpha value is -2.28. The molecule has 0 saturated carbocycles. The number of hydrogen-bond acceptors (Lipinski definition) is 3. The van der Waals surface area contributed by atoms with Crippen LogP contribution < -0.4 is 5.32 Å². The number of aromatic amines is 1. The molecule has 0 aromatic carbocycles. The molecule has 2 aromatic heterocycles. The first-order valence-electron chi connectivity index (χ1n) is 6.74. The highest BCUT2D eigenvalue weighted by atomic mass is 14.9. The van der Waals surface area contributed by atoms with E-state index in [0.29, 0.717) is 0 Å². The molecule has 0 atom stereocenters. The summed E-state index contributed by atoms with van der Waals surface area (Å²) in [6.07, 6.45) is 7.90. The topological polar surface area (TPSA) is 64.5 Å². The van der Waals surface area contributed by atoms with Crippen molar-refractivity contribution >= 4 is 16.7 Å². The van der Waals surface area contributed by atoms with E-state index >= 15 is 0 Å². The second-order valence-electron chi connectivity index (χ2n) is 6.08. The highest BCUT2D eigenvalue weighted by molar-refractivity contribution is 5.83. The van der Waals surface area contributed by atoms with E-state index in [1.54, 1.807) is 0 Å². The summed E-state index contributed by atoms with van der Waals surface area (Å²) in [6, 6.07) is 4.12. The van der Waals surface area contributed by atoms with Gasteiger partial charge < -0.3 is 10.3 Å². The molecule has 104 valence electrons. The van der Waals surface area contributed by atoms with E-state index in [4.69, 9.17) is 5.26 Å². The molecule has 0 aliphatic rings. The molecule has 4 heteroatoms. The van der Waals surface area contributed by atoms with Gasteiger partial charge in [0.05, 0.1) is 18.0 Å². The number of H-pyrrole nitrogens is 1. The number of hydrogen-bond donors (Lipinski definition) is 2. The number of rotatable bonds is 4. The predicted molar refractivity (Wildman–Crippen MR) is 82.5 cm³/mol. The smallest absolute Gasteiger partial charge is 0.137 e. The van der Waals surface area contributed by atoms with Crippen molar-refractivity contribution in [2.75, 3.05) is 11.9 Å². The number of anilines is 1. The molecule has 0 unspecified atom stereocenters. The summed E-state index contributed by atoms with van der Waals surface area (Å²) < 4.78 is 0. The molecule has 0 bridgehead atoms. The van der Waals surface area contributed by atoms with Crippen LogP contribution in [-0.2, 0) is 6.42 Å². The van der Waals surface area contributed by atoms with Crippen molar-refractivity contribution in [1.29, 1.82) is 5.26 Å². The van der Waals surface area contributed by atoms with Crippen molar-refractivity contribution in [3.05, 3.63) is 36.2 Å². The van der Waals surface area contributed by atoms with Gasteiger partial charge in [0.15, 0.2) is 0 Å². The van der Waals surface area contributed by atoms with Gasteiger partial charge in [-0.3, -0.25) is 0 Å². The maximum absolute atomic E-state index is 8.53. The van der Waals surface area contributed by atoms with E-state index in [9.17, 15) is 0 Å². The third-order valence-electron chi connectivity index (χ3n) is 2.97. The van der Waals surface area contributed by atoms with Gasteiger partial charge in [0.2, 0.25) is 0 Å². The van der Waals surface area contributed by atoms with E-state index in [2.05, 4.69) is 42.1 Å². The van der Waals surface area contributed by atoms with Gasteiger partial charge in [-0.15, -0.1) is 0 Å². The molecular formula is C16H20N4. The first kappa shape index (κ1) is 14.1. The average Bonchev–Trinajstić information content (AvgIpc) is 2.79. The minimum Gasteiger partial charge on any atom is -0.383 e. The Labute approximate surface area is 119 Å². The van der Waals surface area contributed by atoms with Crippen molar-refractivity contribution in [3.63, 3.8) is 0 Å². The van der Waals surface area contributed by atoms with Crippen molar-refractivity contribution in [2.45, 2.75) is 27.2 Å². The minimum atomic E-state index is 0.228. The van der Waals surface area contributed by atoms with Gasteiger partial charge in [0.1, 0.15) is 5.65 Å². The predicted octanol–water partition coefficient (Wildman–Crippen LogP) is 3.64. The Morgan fingerprint density at radius 1 is 1.45 bits per heavy atom. The lowest BCUT2D eigenvalue weighted by Gasteiger charge is -2.19. The van der Waals surface area contributed by atoms with Crippen molar-refractivity contribution < 1.29 is 0 Å². The van der Waals surface area contributed by atoms with Gasteiger partial charge in [0, 0.05) is 24.2 Å². The van der Waals surface area contributed by atoms with Crippen LogP contribution in [-0.4, -0.2) is 16.5 Å². The molecule has 2 rings (SSSR count). The summed E-state index contributed by atoms with van der Waals surface area (Å²) in [5.41, 5.74) is 3.29. The Morgan fingerprint density at radius 3 is 2.95 bits per heavy atom. The van der Waals surface area contributed by atoms with Crippen molar-refractivity contribution in [2.24, 2.45) is 5.41 Å². The molecule has 0 amide bonds. The Balaban J connectivity index is 2.21. The van der Waals surface area contributed by atoms with Gasteiger partial charge in [-0.05, 0) is 23.5 Å². The SMILES string of the molecule is CC(C)(C)CNc1cnc2[nH]cc(C/C=C\C#N)c2c1. The molecule has 20 heavy (non-hydrogen) atoms. The Morgan fingerprint density at radius 2 is 2.25 bits per heavy atom. The number of fused-ring (bicyclic) bond motifs is 1. The van der Waals surface area contributed by atoms with Crippen LogP contribution in [0.2, 0.25) is 0 Å². The zero-order valence-electron chi connectivity index (χ0n) is 12.2. The molecule has 0 fully saturated rings. The van der Waals surface area contributed by atoms with Crippen LogP contribution in [0.3, 0.4) is 0 Å². The van der Waals surface area contributed by atoms with Crippen molar-refractivity contribution in [1.82, 2.24) is 9.97 Å². The summed E-state index contributed by atoms with van der Waals surface area (Å²) in [7, 11) is 0. The van der Waals surface area contributed by atoms with Gasteiger partial charge in [-0.25, -0.2) is 4.98 Å². The van der Waals surface area contributed by atoms with E-state index in [0.717, 1.165) is 35.2 Å². The lowest BCUT2D eigenvalue weighted by atomic mass is 9.97. The number of allylic oxidation sites excluding steroid dienone is 2. The van der Waals surface area contributed by atoms with Crippen LogP contribution in [0.15, 0.2) is 30.6 Å². The summed E-state index contributed by atoms with van der Waals surface area (Å²) >= 11 is 0. The number of nitriles is 1. The monoisotopic (exact) mass is 268 g/mol. The van der Waals surface area contributed by atoms with Crippen LogP contribution in [0.5, 0.6) is 0 Å². The molecule has 0 spiro atoms. The molecular weight excluding hydrogens is 248 g/mol. The minimum absolute atomic E-state index is 0.228. The maximum Gasteiger partial charge on any atom is 0.137 e. The second kappa shape index (κ2) is 5.79. The van der Waals surface area contributed by atoms with Crippen LogP contribution in [0.4, 0.5) is 5.69 Å². The lowest BCUT2D eigenvalue weighted by Crippen LogP contribution is -2.19. The Bertz CT molecular complexity index is 653. The average molecular weight is 268 g/mol. The summed E-state index contributed by atoms with van der Waals surface area (Å²) in [5, 5.41) is 13.0. The van der Waals surface area contributed by atoms with E-state index in [-0.39, 0.29) is 5.41 Å². The number of pyridine rings is 1. The van der Waals surface area contributed by atoms with Gasteiger partial charge in [-0.2, -0.15) is 5.26 Å². The fourth-order valence-electron chi connectivity index (χ4n) is 1.93. The standard InChI is InChI=1S/C16H20N4/c1-16(2,3)11-20-13-8-14-12(6-4-5-7-17)9-18-15(14)19-10-13/h4-5,8-10,20H,6,11H2,1-3H3,(H,18,19)/b5-4-. The van der Waals surface area contributed by atoms with Crippen LogP contribution in [0.25, 0.3) is 11.0 Å². The molecule has 0 saturated heterocycles. The highest BCUT2D eigenvalue weighted by Crippen LogP contribution is 2.22. The largest absolute Gasteiger partial charge is 0.383 e. The normalized spacial score (nSPS) is 11.9. The van der Waals surface area contributed by atoms with Crippen molar-refractivity contribution in [3.8, 4) is 6.07 Å². The number of nitrogens with zero attached hydrogens (tertiary/aromatic N) is 2. The summed E-state index contributed by atoms with van der Waals surface area (Å²) in [6.45, 7) is 7.48. The quantitative estimate of drug-likeness (QED) is 0.832. The zero-order valence-corrected chi connectivity index (χ0v) is 12.2. The fourth-order valence-corrected chi connectivity index (χ4v) is 1.93. The summed E-state index contributed by atoms with van der Waals surface area (Å²) in [5.74, 6) is 0. The van der Waals surface area contributed by atoms with Crippen LogP contribution >= 0.6 is 0 Å². The first-order chi connectivity index (χ1) is 9.49. The maximum atomic E-state index is 8.53. The van der Waals surface area contributed by atoms with Gasteiger partial charge in [-0.1, -0.05) is 26.8 Å². The third kappa shape index (κ3) is 3.61. The first-order valence-corrected chi connectivity index (χ1v) is 6.74. The molecule has 2 aromatic rings. The zero-order chi connectivity index (χ0) is 14.6.